The monoisotopic (exact) mass is 1280 g/mol. The second-order valence-electron chi connectivity index (χ2n) is 24.5. The van der Waals surface area contributed by atoms with Crippen LogP contribution in [0.2, 0.25) is 0 Å². The number of para-hydroxylation sites is 2. The Kier molecular flexibility index (Phi) is 15.4. The molecule has 470 valence electrons. The average molecular weight is 1280 g/mol. The van der Waals surface area contributed by atoms with Crippen LogP contribution in [0.1, 0.15) is 55.6 Å². The lowest BCUT2D eigenvalue weighted by Crippen LogP contribution is -2.29. The molecular weight excluding hydrogens is 1220 g/mol. The Hall–Kier alpha value is -12.5. The number of nitrogens with zero attached hydrogens (tertiary/aromatic N) is 2. The average Bonchev–Trinajstić information content (AvgIpc) is 1.53. The zero-order valence-corrected chi connectivity index (χ0v) is 53.0. The maximum absolute atomic E-state index is 16.7. The summed E-state index contributed by atoms with van der Waals surface area (Å²) < 4.78 is 76.2. The quantitative estimate of drug-likeness (QED) is 0.0849. The number of ether oxygens (including phenoxy) is 2. The van der Waals surface area contributed by atoms with Crippen LogP contribution in [-0.2, 0) is 10.8 Å². The summed E-state index contributed by atoms with van der Waals surface area (Å²) in [6.45, 7) is 7.76. The van der Waals surface area contributed by atoms with Gasteiger partial charge in [-0.25, -0.2) is 17.6 Å². The first-order valence-corrected chi connectivity index (χ1v) is 32.4. The summed E-state index contributed by atoms with van der Waals surface area (Å²) in [4.78, 5) is 3.88. The summed E-state index contributed by atoms with van der Waals surface area (Å²) in [5.41, 5.74) is 17.0. The van der Waals surface area contributed by atoms with E-state index in [9.17, 15) is 0 Å². The van der Waals surface area contributed by atoms with E-state index in [1.54, 1.807) is 36.4 Å². The molecule has 2 aliphatic carbocycles. The van der Waals surface area contributed by atoms with E-state index in [-0.39, 0.29) is 11.6 Å². The molecule has 2 unspecified atom stereocenters. The third-order valence-corrected chi connectivity index (χ3v) is 19.2. The molecule has 0 saturated heterocycles. The van der Waals surface area contributed by atoms with Gasteiger partial charge in [0.2, 0.25) is 0 Å². The van der Waals surface area contributed by atoms with Crippen molar-refractivity contribution in [2.24, 2.45) is 0 Å². The van der Waals surface area contributed by atoms with Gasteiger partial charge < -0.3 is 19.3 Å². The lowest BCUT2D eigenvalue weighted by Gasteiger charge is -2.35. The maximum atomic E-state index is 16.7. The SMILES string of the molecule is C=Cc1ccc(Oc2ccc(C3(c4ccc(F)cc4)c4ccccc4-c4ccc(N(c5ccc(-c6ccc(N(c7ccc8c(c7)C(c7ccc(F)cc7)(c7ccc(Oc9ccc(C=C)cc9)cc7)c7ccccc7-8)c7ccccc7F)cc6)cc5)c5ccccc5F)cc43)cc2)cc1. The van der Waals surface area contributed by atoms with Crippen LogP contribution in [0.5, 0.6) is 23.0 Å². The van der Waals surface area contributed by atoms with E-state index in [1.165, 1.54) is 36.4 Å². The third kappa shape index (κ3) is 10.4. The molecule has 0 radical (unpaired) electrons. The molecule has 0 bridgehead atoms. The van der Waals surface area contributed by atoms with Crippen molar-refractivity contribution < 1.29 is 27.0 Å². The van der Waals surface area contributed by atoms with Crippen LogP contribution in [-0.4, -0.2) is 0 Å². The van der Waals surface area contributed by atoms with E-state index in [0.717, 1.165) is 89.0 Å². The first kappa shape index (κ1) is 60.4. The standard InChI is InChI=1S/C90H60F4N2O2/c1-3-59-21-47-73(48-22-59)97-75-51-33-65(34-52-75)89(63-29-37-67(91)38-30-63)81-15-7-5-13-77(81)79-55-45-71(57-83(79)89)95(87-19-11-9-17-85(87)93)69-41-25-61(26-42-69)62-27-43-70(44-28-62)96(88-20-12-10-18-86(88)94)72-46-56-80-78-14-6-8-16-82(78)90(84(80)58-72,64-31-39-68(92)40-32-64)66-35-53-76(54-36-66)98-74-49-23-60(4-2)24-50-74/h3-58H,1-2H2. The first-order valence-electron chi connectivity index (χ1n) is 32.4. The van der Waals surface area contributed by atoms with E-state index >= 15 is 17.6 Å². The fourth-order valence-corrected chi connectivity index (χ4v) is 14.7. The molecule has 2 aliphatic rings. The molecule has 98 heavy (non-hydrogen) atoms. The number of hydrogen-bond donors (Lipinski definition) is 0. The second kappa shape index (κ2) is 25.0. The van der Waals surface area contributed by atoms with Gasteiger partial charge in [-0.2, -0.15) is 0 Å². The predicted octanol–water partition coefficient (Wildman–Crippen LogP) is 24.4. The molecule has 14 aromatic rings. The summed E-state index contributed by atoms with van der Waals surface area (Å²) in [6.07, 6.45) is 3.58. The summed E-state index contributed by atoms with van der Waals surface area (Å²) >= 11 is 0. The van der Waals surface area contributed by atoms with Crippen molar-refractivity contribution >= 4 is 46.3 Å². The molecule has 0 amide bonds. The molecule has 0 spiro atoms. The lowest BCUT2D eigenvalue weighted by atomic mass is 9.67. The number of benzene rings is 14. The maximum Gasteiger partial charge on any atom is 0.147 e. The van der Waals surface area contributed by atoms with Crippen LogP contribution in [0, 0.1) is 23.3 Å². The van der Waals surface area contributed by atoms with Gasteiger partial charge in [-0.05, 0) is 235 Å². The number of rotatable bonds is 17. The molecule has 14 aromatic carbocycles. The van der Waals surface area contributed by atoms with Gasteiger partial charge in [0.25, 0.3) is 0 Å². The Balaban J connectivity index is 0.767. The van der Waals surface area contributed by atoms with Crippen molar-refractivity contribution in [2.45, 2.75) is 10.8 Å². The van der Waals surface area contributed by atoms with E-state index in [0.29, 0.717) is 57.1 Å². The van der Waals surface area contributed by atoms with Crippen molar-refractivity contribution in [3.05, 3.63) is 420 Å². The Bertz CT molecular complexity index is 4990. The minimum absolute atomic E-state index is 0.350. The molecule has 0 heterocycles. The van der Waals surface area contributed by atoms with Crippen molar-refractivity contribution in [1.29, 1.82) is 0 Å². The molecule has 0 aromatic heterocycles. The van der Waals surface area contributed by atoms with Gasteiger partial charge in [-0.15, -0.1) is 0 Å². The Morgan fingerprint density at radius 2 is 0.571 bits per heavy atom. The predicted molar refractivity (Wildman–Crippen MR) is 389 cm³/mol. The molecule has 8 heteroatoms. The molecule has 16 rings (SSSR count). The number of anilines is 6. The van der Waals surface area contributed by atoms with Crippen molar-refractivity contribution in [1.82, 2.24) is 0 Å². The summed E-state index contributed by atoms with van der Waals surface area (Å²) in [5.74, 6) is 1.16. The molecule has 0 N–H and O–H groups in total. The van der Waals surface area contributed by atoms with Crippen LogP contribution in [0.25, 0.3) is 45.5 Å². The Morgan fingerprint density at radius 1 is 0.276 bits per heavy atom. The number of hydrogen-bond acceptors (Lipinski definition) is 4. The zero-order valence-electron chi connectivity index (χ0n) is 53.0. The smallest absolute Gasteiger partial charge is 0.147 e. The van der Waals surface area contributed by atoms with Gasteiger partial charge in [0.1, 0.15) is 46.3 Å². The van der Waals surface area contributed by atoms with E-state index < -0.39 is 22.5 Å². The highest BCUT2D eigenvalue weighted by Crippen LogP contribution is 2.60. The minimum Gasteiger partial charge on any atom is -0.457 e. The van der Waals surface area contributed by atoms with E-state index in [1.807, 2.05) is 204 Å². The van der Waals surface area contributed by atoms with Gasteiger partial charge in [-0.3, -0.25) is 0 Å². The summed E-state index contributed by atoms with van der Waals surface area (Å²) in [5, 5.41) is 0. The van der Waals surface area contributed by atoms with E-state index in [2.05, 4.69) is 86.0 Å². The van der Waals surface area contributed by atoms with Crippen molar-refractivity contribution in [3.8, 4) is 56.4 Å². The minimum atomic E-state index is -0.941. The highest BCUT2D eigenvalue weighted by Gasteiger charge is 2.48. The molecule has 0 fully saturated rings. The third-order valence-electron chi connectivity index (χ3n) is 19.2. The normalized spacial score (nSPS) is 14.7. The van der Waals surface area contributed by atoms with Crippen LogP contribution >= 0.6 is 0 Å². The molecule has 2 atom stereocenters. The van der Waals surface area contributed by atoms with Crippen LogP contribution in [0.3, 0.4) is 0 Å². The summed E-state index contributed by atoms with van der Waals surface area (Å²) in [6, 6.07) is 104. The molecular formula is C90H60F4N2O2. The van der Waals surface area contributed by atoms with Crippen molar-refractivity contribution in [3.63, 3.8) is 0 Å². The van der Waals surface area contributed by atoms with Crippen LogP contribution < -0.4 is 19.3 Å². The van der Waals surface area contributed by atoms with Crippen molar-refractivity contribution in [2.75, 3.05) is 9.80 Å². The topological polar surface area (TPSA) is 24.9 Å². The fourth-order valence-electron chi connectivity index (χ4n) is 14.7. The lowest BCUT2D eigenvalue weighted by molar-refractivity contribution is 0.482. The van der Waals surface area contributed by atoms with Gasteiger partial charge >= 0.3 is 0 Å². The molecule has 4 nitrogen and oxygen atoms in total. The van der Waals surface area contributed by atoms with Crippen LogP contribution in [0.4, 0.5) is 51.7 Å². The van der Waals surface area contributed by atoms with Gasteiger partial charge in [0.05, 0.1) is 22.2 Å². The fraction of sp³-hybridized carbons (Fsp3) is 0.0222. The van der Waals surface area contributed by atoms with Gasteiger partial charge in [0.15, 0.2) is 0 Å². The zero-order chi connectivity index (χ0) is 66.5. The highest BCUT2D eigenvalue weighted by molar-refractivity contribution is 5.92. The Morgan fingerprint density at radius 3 is 0.918 bits per heavy atom. The molecule has 0 saturated carbocycles. The number of fused-ring (bicyclic) bond motifs is 6. The van der Waals surface area contributed by atoms with E-state index in [4.69, 9.17) is 9.47 Å². The second-order valence-corrected chi connectivity index (χ2v) is 24.5. The van der Waals surface area contributed by atoms with Gasteiger partial charge in [-0.1, -0.05) is 207 Å². The highest BCUT2D eigenvalue weighted by atomic mass is 19.1. The number of halogens is 4. The van der Waals surface area contributed by atoms with Crippen LogP contribution in [0.15, 0.2) is 341 Å². The van der Waals surface area contributed by atoms with Gasteiger partial charge in [0, 0.05) is 22.7 Å². The first-order chi connectivity index (χ1) is 48.1. The Labute approximate surface area is 566 Å². The molecule has 0 aliphatic heterocycles. The summed E-state index contributed by atoms with van der Waals surface area (Å²) in [7, 11) is 0. The largest absolute Gasteiger partial charge is 0.457 e.